The molecule has 1 heterocycles. The Hall–Kier alpha value is -0.0800. The average Bonchev–Trinajstić information content (AvgIpc) is 2.48. The van der Waals surface area contributed by atoms with Crippen LogP contribution in [-0.4, -0.2) is 37.1 Å². The van der Waals surface area contributed by atoms with E-state index in [2.05, 4.69) is 24.1 Å². The summed E-state index contributed by atoms with van der Waals surface area (Å²) in [7, 11) is 0. The van der Waals surface area contributed by atoms with Gasteiger partial charge in [0.1, 0.15) is 0 Å². The monoisotopic (exact) mass is 266 g/mol. The lowest BCUT2D eigenvalue weighted by molar-refractivity contribution is 0.0599. The summed E-state index contributed by atoms with van der Waals surface area (Å²) in [5.74, 6) is 1.89. The molecule has 3 unspecified atom stereocenters. The van der Waals surface area contributed by atoms with Gasteiger partial charge in [0.15, 0.2) is 0 Å². The number of hydrogen-bond acceptors (Lipinski definition) is 2. The summed E-state index contributed by atoms with van der Waals surface area (Å²) < 4.78 is 0. The fourth-order valence-corrected chi connectivity index (χ4v) is 4.19. The number of piperidine rings is 1. The molecule has 112 valence electrons. The Morgan fingerprint density at radius 1 is 1.05 bits per heavy atom. The van der Waals surface area contributed by atoms with Gasteiger partial charge in [0.2, 0.25) is 0 Å². The smallest absolute Gasteiger partial charge is 0.0123 e. The lowest BCUT2D eigenvalue weighted by Crippen LogP contribution is -2.48. The molecule has 2 aliphatic rings. The summed E-state index contributed by atoms with van der Waals surface area (Å²) in [4.78, 5) is 2.86. The predicted molar refractivity (Wildman–Crippen MR) is 83.5 cm³/mol. The molecule has 3 atom stereocenters. The largest absolute Gasteiger partial charge is 0.316 e. The molecular formula is C17H34N2. The van der Waals surface area contributed by atoms with E-state index in [0.717, 1.165) is 17.9 Å². The van der Waals surface area contributed by atoms with Gasteiger partial charge in [-0.15, -0.1) is 0 Å². The second kappa shape index (κ2) is 8.26. The van der Waals surface area contributed by atoms with Crippen molar-refractivity contribution in [3.8, 4) is 0 Å². The van der Waals surface area contributed by atoms with Crippen LogP contribution in [0.15, 0.2) is 0 Å². The highest BCUT2D eigenvalue weighted by Gasteiger charge is 2.31. The molecule has 1 saturated heterocycles. The molecular weight excluding hydrogens is 232 g/mol. The van der Waals surface area contributed by atoms with Crippen molar-refractivity contribution in [2.45, 2.75) is 71.3 Å². The van der Waals surface area contributed by atoms with Crippen LogP contribution in [0.25, 0.3) is 0 Å². The maximum absolute atomic E-state index is 3.63. The molecule has 0 spiro atoms. The predicted octanol–water partition coefficient (Wildman–Crippen LogP) is 3.67. The topological polar surface area (TPSA) is 15.3 Å². The first-order chi connectivity index (χ1) is 9.35. The first-order valence-electron chi connectivity index (χ1n) is 8.79. The van der Waals surface area contributed by atoms with Crippen molar-refractivity contribution in [3.05, 3.63) is 0 Å². The van der Waals surface area contributed by atoms with Crippen molar-refractivity contribution in [2.24, 2.45) is 11.8 Å². The molecule has 0 amide bonds. The van der Waals surface area contributed by atoms with Crippen LogP contribution in [0.1, 0.15) is 65.2 Å². The van der Waals surface area contributed by atoms with E-state index in [0.29, 0.717) is 0 Å². The van der Waals surface area contributed by atoms with E-state index in [9.17, 15) is 0 Å². The summed E-state index contributed by atoms with van der Waals surface area (Å²) in [5, 5.41) is 3.63. The Kier molecular flexibility index (Phi) is 6.66. The van der Waals surface area contributed by atoms with E-state index < -0.39 is 0 Å². The van der Waals surface area contributed by atoms with Gasteiger partial charge >= 0.3 is 0 Å². The third-order valence-corrected chi connectivity index (χ3v) is 5.27. The van der Waals surface area contributed by atoms with E-state index >= 15 is 0 Å². The molecule has 2 nitrogen and oxygen atoms in total. The molecule has 1 saturated carbocycles. The van der Waals surface area contributed by atoms with Crippen LogP contribution in [-0.2, 0) is 0 Å². The minimum Gasteiger partial charge on any atom is -0.316 e. The van der Waals surface area contributed by atoms with Crippen LogP contribution in [0, 0.1) is 11.8 Å². The highest BCUT2D eigenvalue weighted by Crippen LogP contribution is 2.33. The highest BCUT2D eigenvalue weighted by molar-refractivity contribution is 4.86. The highest BCUT2D eigenvalue weighted by atomic mass is 15.2. The molecule has 2 fully saturated rings. The summed E-state index contributed by atoms with van der Waals surface area (Å²) in [6.45, 7) is 9.82. The molecule has 2 rings (SSSR count). The van der Waals surface area contributed by atoms with Crippen LogP contribution >= 0.6 is 0 Å². The van der Waals surface area contributed by atoms with E-state index in [1.807, 2.05) is 0 Å². The Balaban J connectivity index is 1.81. The molecule has 1 aliphatic heterocycles. The summed E-state index contributed by atoms with van der Waals surface area (Å²) in [6.07, 6.45) is 11.4. The first kappa shape index (κ1) is 15.3. The molecule has 0 aromatic rings. The molecule has 0 radical (unpaired) electrons. The third-order valence-electron chi connectivity index (χ3n) is 5.27. The first-order valence-corrected chi connectivity index (χ1v) is 8.79. The minimum atomic E-state index is 0.903. The van der Waals surface area contributed by atoms with Crippen molar-refractivity contribution in [1.82, 2.24) is 10.2 Å². The lowest BCUT2D eigenvalue weighted by atomic mass is 9.80. The summed E-state index contributed by atoms with van der Waals surface area (Å²) >= 11 is 0. The summed E-state index contributed by atoms with van der Waals surface area (Å²) in [6, 6.07) is 0.910. The molecule has 1 N–H and O–H groups in total. The molecule has 1 aliphatic carbocycles. The number of hydrogen-bond donors (Lipinski definition) is 1. The Morgan fingerprint density at radius 2 is 1.89 bits per heavy atom. The van der Waals surface area contributed by atoms with Gasteiger partial charge in [-0.1, -0.05) is 33.1 Å². The molecule has 2 heteroatoms. The van der Waals surface area contributed by atoms with E-state index in [1.54, 1.807) is 0 Å². The maximum Gasteiger partial charge on any atom is 0.0123 e. The van der Waals surface area contributed by atoms with Crippen molar-refractivity contribution < 1.29 is 0 Å². The number of nitrogens with one attached hydrogen (secondary N) is 1. The van der Waals surface area contributed by atoms with E-state index in [4.69, 9.17) is 0 Å². The SMILES string of the molecule is CCCNCC1CCCN(C2CCCCC2CC)C1. The molecule has 0 aromatic carbocycles. The average molecular weight is 266 g/mol. The third kappa shape index (κ3) is 4.46. The minimum absolute atomic E-state index is 0.903. The van der Waals surface area contributed by atoms with E-state index in [1.165, 1.54) is 77.5 Å². The normalized spacial score (nSPS) is 33.5. The van der Waals surface area contributed by atoms with Crippen molar-refractivity contribution in [3.63, 3.8) is 0 Å². The second-order valence-corrected chi connectivity index (χ2v) is 6.73. The van der Waals surface area contributed by atoms with E-state index in [-0.39, 0.29) is 0 Å². The van der Waals surface area contributed by atoms with Crippen molar-refractivity contribution in [2.75, 3.05) is 26.2 Å². The fraction of sp³-hybridized carbons (Fsp3) is 1.00. The second-order valence-electron chi connectivity index (χ2n) is 6.73. The molecule has 19 heavy (non-hydrogen) atoms. The van der Waals surface area contributed by atoms with Gasteiger partial charge in [0.05, 0.1) is 0 Å². The van der Waals surface area contributed by atoms with Crippen LogP contribution in [0.4, 0.5) is 0 Å². The van der Waals surface area contributed by atoms with Crippen LogP contribution < -0.4 is 5.32 Å². The Morgan fingerprint density at radius 3 is 2.68 bits per heavy atom. The fourth-order valence-electron chi connectivity index (χ4n) is 4.19. The summed E-state index contributed by atoms with van der Waals surface area (Å²) in [5.41, 5.74) is 0. The van der Waals surface area contributed by atoms with Crippen molar-refractivity contribution >= 4 is 0 Å². The van der Waals surface area contributed by atoms with Crippen LogP contribution in [0.3, 0.4) is 0 Å². The zero-order valence-corrected chi connectivity index (χ0v) is 13.2. The standard InChI is InChI=1S/C17H34N2/c1-3-11-18-13-15-8-7-12-19(14-15)17-10-6-5-9-16(17)4-2/h15-18H,3-14H2,1-2H3. The lowest BCUT2D eigenvalue weighted by Gasteiger charge is -2.44. The number of likely N-dealkylation sites (tertiary alicyclic amines) is 1. The van der Waals surface area contributed by atoms with Gasteiger partial charge in [-0.05, 0) is 63.6 Å². The Bertz CT molecular complexity index is 241. The van der Waals surface area contributed by atoms with Gasteiger partial charge in [-0.25, -0.2) is 0 Å². The zero-order valence-electron chi connectivity index (χ0n) is 13.2. The molecule has 0 aromatic heterocycles. The van der Waals surface area contributed by atoms with Gasteiger partial charge < -0.3 is 5.32 Å². The molecule has 0 bridgehead atoms. The van der Waals surface area contributed by atoms with Crippen LogP contribution in [0.5, 0.6) is 0 Å². The van der Waals surface area contributed by atoms with Gasteiger partial charge in [0.25, 0.3) is 0 Å². The Labute approximate surface area is 120 Å². The van der Waals surface area contributed by atoms with Gasteiger partial charge in [0, 0.05) is 12.6 Å². The number of nitrogens with zero attached hydrogens (tertiary/aromatic N) is 1. The number of rotatable bonds is 6. The quantitative estimate of drug-likeness (QED) is 0.738. The van der Waals surface area contributed by atoms with Crippen molar-refractivity contribution in [1.29, 1.82) is 0 Å². The van der Waals surface area contributed by atoms with Crippen LogP contribution in [0.2, 0.25) is 0 Å². The maximum atomic E-state index is 3.63. The van der Waals surface area contributed by atoms with Gasteiger partial charge in [-0.3, -0.25) is 4.90 Å². The van der Waals surface area contributed by atoms with Gasteiger partial charge in [-0.2, -0.15) is 0 Å². The zero-order chi connectivity index (χ0) is 13.5.